The summed E-state index contributed by atoms with van der Waals surface area (Å²) >= 11 is 5.94. The van der Waals surface area contributed by atoms with E-state index in [1.54, 1.807) is 34.9 Å². The topological polar surface area (TPSA) is 141 Å². The summed E-state index contributed by atoms with van der Waals surface area (Å²) in [7, 11) is 0. The van der Waals surface area contributed by atoms with Crippen molar-refractivity contribution < 1.29 is 9.72 Å². The normalized spacial score (nSPS) is 11.2. The van der Waals surface area contributed by atoms with Gasteiger partial charge < -0.3 is 20.2 Å². The van der Waals surface area contributed by atoms with Crippen LogP contribution in [0.5, 0.6) is 0 Å². The number of hydrogen-bond acceptors (Lipinski definition) is 8. The van der Waals surface area contributed by atoms with Crippen molar-refractivity contribution in [2.24, 2.45) is 5.10 Å². The third kappa shape index (κ3) is 3.74. The summed E-state index contributed by atoms with van der Waals surface area (Å²) in [6, 6.07) is 12.2. The number of nitro groups is 1. The number of fused-ring (bicyclic) bond motifs is 1. The molecule has 0 saturated heterocycles. The number of ketones is 1. The van der Waals surface area contributed by atoms with Crippen molar-refractivity contribution in [1.82, 2.24) is 14.4 Å². The van der Waals surface area contributed by atoms with Gasteiger partial charge in [-0.25, -0.2) is 0 Å². The van der Waals surface area contributed by atoms with Crippen molar-refractivity contribution >= 4 is 46.4 Å². The number of halogens is 1. The number of nitrogens with two attached hydrogens (primary N) is 1. The number of rotatable bonds is 6. The van der Waals surface area contributed by atoms with Gasteiger partial charge >= 0.3 is 5.82 Å². The van der Waals surface area contributed by atoms with E-state index in [9.17, 15) is 14.9 Å². The minimum atomic E-state index is -0.702. The Morgan fingerprint density at radius 1 is 1.25 bits per heavy atom. The predicted molar refractivity (Wildman–Crippen MR) is 121 cm³/mol. The minimum Gasteiger partial charge on any atom is -0.389 e. The predicted octanol–water partition coefficient (Wildman–Crippen LogP) is 3.86. The Labute approximate surface area is 186 Å². The van der Waals surface area contributed by atoms with Crippen LogP contribution < -0.4 is 11.2 Å². The first-order chi connectivity index (χ1) is 15.4. The highest BCUT2D eigenvalue weighted by Gasteiger charge is 2.21. The first-order valence-corrected chi connectivity index (χ1v) is 9.70. The van der Waals surface area contributed by atoms with Crippen LogP contribution in [0.15, 0.2) is 60.1 Å². The fourth-order valence-electron chi connectivity index (χ4n) is 3.32. The Morgan fingerprint density at radius 3 is 2.72 bits per heavy atom. The molecule has 4 aromatic rings. The van der Waals surface area contributed by atoms with Gasteiger partial charge in [0.1, 0.15) is 0 Å². The van der Waals surface area contributed by atoms with Crippen LogP contribution in [0.1, 0.15) is 27.2 Å². The van der Waals surface area contributed by atoms with E-state index in [4.69, 9.17) is 17.3 Å². The minimum absolute atomic E-state index is 0.00146. The van der Waals surface area contributed by atoms with Crippen LogP contribution in [0, 0.1) is 17.0 Å². The van der Waals surface area contributed by atoms with Gasteiger partial charge in [-0.05, 0) is 58.8 Å². The number of aromatic nitrogens is 3. The van der Waals surface area contributed by atoms with Gasteiger partial charge in [0.05, 0.1) is 17.4 Å². The van der Waals surface area contributed by atoms with Crippen molar-refractivity contribution in [1.29, 1.82) is 0 Å². The number of benzene rings is 1. The summed E-state index contributed by atoms with van der Waals surface area (Å²) in [6.07, 6.45) is 4.33. The summed E-state index contributed by atoms with van der Waals surface area (Å²) in [5, 5.41) is 15.7. The zero-order valence-corrected chi connectivity index (χ0v) is 17.4. The van der Waals surface area contributed by atoms with E-state index < -0.39 is 10.7 Å². The summed E-state index contributed by atoms with van der Waals surface area (Å²) in [5.74, 6) is -0.677. The number of hydrogen-bond donors (Lipinski definition) is 2. The van der Waals surface area contributed by atoms with Crippen molar-refractivity contribution in [3.05, 3.63) is 92.5 Å². The smallest absolute Gasteiger partial charge is 0.389 e. The third-order valence-corrected chi connectivity index (χ3v) is 5.11. The number of hydrazone groups is 1. The third-order valence-electron chi connectivity index (χ3n) is 4.86. The maximum atomic E-state index is 13.2. The molecule has 0 fully saturated rings. The second kappa shape index (κ2) is 8.44. The summed E-state index contributed by atoms with van der Waals surface area (Å²) < 4.78 is 1.79. The molecule has 3 aromatic heterocycles. The molecule has 0 bridgehead atoms. The molecule has 0 spiro atoms. The van der Waals surface area contributed by atoms with Crippen LogP contribution in [0.3, 0.4) is 0 Å². The molecule has 160 valence electrons. The van der Waals surface area contributed by atoms with Crippen molar-refractivity contribution in [3.63, 3.8) is 0 Å². The number of anilines is 2. The van der Waals surface area contributed by atoms with Crippen LogP contribution >= 0.6 is 11.6 Å². The van der Waals surface area contributed by atoms with Crippen LogP contribution in [0.25, 0.3) is 5.52 Å². The molecular weight excluding hydrogens is 434 g/mol. The van der Waals surface area contributed by atoms with Gasteiger partial charge in [0.25, 0.3) is 0 Å². The molecule has 0 aliphatic carbocycles. The molecule has 0 aliphatic rings. The molecule has 0 amide bonds. The SMILES string of the molecule is Cc1c(/C=N/Nc2ncnc([N+](=O)[O-])c2N)c2ccccn2c1C(=O)c1ccc(Cl)cc1. The molecule has 10 nitrogen and oxygen atoms in total. The number of nitrogens with zero attached hydrogens (tertiary/aromatic N) is 5. The van der Waals surface area contributed by atoms with E-state index in [2.05, 4.69) is 20.5 Å². The lowest BCUT2D eigenvalue weighted by molar-refractivity contribution is -0.388. The lowest BCUT2D eigenvalue weighted by Gasteiger charge is -2.04. The van der Waals surface area contributed by atoms with E-state index in [1.807, 2.05) is 25.1 Å². The van der Waals surface area contributed by atoms with Crippen LogP contribution in [-0.4, -0.2) is 31.3 Å². The van der Waals surface area contributed by atoms with Gasteiger partial charge in [0.2, 0.25) is 12.1 Å². The molecule has 4 rings (SSSR count). The van der Waals surface area contributed by atoms with Gasteiger partial charge in [-0.3, -0.25) is 10.2 Å². The number of nitrogen functional groups attached to an aromatic ring is 1. The number of carbonyl (C=O) groups is 1. The summed E-state index contributed by atoms with van der Waals surface area (Å²) in [6.45, 7) is 1.82. The fraction of sp³-hybridized carbons (Fsp3) is 0.0476. The number of pyridine rings is 1. The molecule has 0 aliphatic heterocycles. The highest BCUT2D eigenvalue weighted by Crippen LogP contribution is 2.26. The maximum absolute atomic E-state index is 13.2. The lowest BCUT2D eigenvalue weighted by atomic mass is 10.0. The van der Waals surface area contributed by atoms with Crippen LogP contribution in [-0.2, 0) is 0 Å². The number of nitrogens with one attached hydrogen (secondary N) is 1. The monoisotopic (exact) mass is 449 g/mol. The highest BCUT2D eigenvalue weighted by atomic mass is 35.5. The second-order valence-electron chi connectivity index (χ2n) is 6.77. The highest BCUT2D eigenvalue weighted by molar-refractivity contribution is 6.30. The molecule has 0 saturated carbocycles. The van der Waals surface area contributed by atoms with Crippen molar-refractivity contribution in [2.45, 2.75) is 6.92 Å². The average molecular weight is 450 g/mol. The van der Waals surface area contributed by atoms with Crippen LogP contribution in [0.2, 0.25) is 5.02 Å². The first-order valence-electron chi connectivity index (χ1n) is 9.32. The van der Waals surface area contributed by atoms with Gasteiger partial charge in [-0.15, -0.1) is 0 Å². The quantitative estimate of drug-likeness (QED) is 0.197. The Bertz CT molecular complexity index is 1380. The molecular formula is C21H16ClN7O3. The second-order valence-corrected chi connectivity index (χ2v) is 7.20. The molecule has 11 heteroatoms. The standard InChI is InChI=1S/C21H16ClN7O3/c1-12-15(10-26-27-20-17(23)21(29(31)32)25-11-24-20)16-4-2-3-9-28(16)18(12)19(30)13-5-7-14(22)8-6-13/h2-11H,23H2,1H3,(H,24,25,27)/b26-10+. The molecule has 0 atom stereocenters. The van der Waals surface area contributed by atoms with E-state index in [0.717, 1.165) is 11.8 Å². The van der Waals surface area contributed by atoms with Crippen LogP contribution in [0.4, 0.5) is 17.3 Å². The maximum Gasteiger partial charge on any atom is 0.392 e. The molecule has 3 heterocycles. The fourth-order valence-corrected chi connectivity index (χ4v) is 3.44. The zero-order chi connectivity index (χ0) is 22.8. The number of carbonyl (C=O) groups excluding carboxylic acids is 1. The van der Waals surface area contributed by atoms with E-state index >= 15 is 0 Å². The van der Waals surface area contributed by atoms with E-state index in [-0.39, 0.29) is 17.3 Å². The Balaban J connectivity index is 1.72. The molecule has 32 heavy (non-hydrogen) atoms. The van der Waals surface area contributed by atoms with Gasteiger partial charge in [0.15, 0.2) is 11.5 Å². The van der Waals surface area contributed by atoms with Gasteiger partial charge in [0, 0.05) is 22.3 Å². The largest absolute Gasteiger partial charge is 0.392 e. The first kappa shape index (κ1) is 20.9. The molecule has 3 N–H and O–H groups in total. The summed E-state index contributed by atoms with van der Waals surface area (Å²) in [5.41, 5.74) is 11.3. The average Bonchev–Trinajstić information content (AvgIpc) is 3.06. The lowest BCUT2D eigenvalue weighted by Crippen LogP contribution is -2.06. The molecule has 1 aromatic carbocycles. The van der Waals surface area contributed by atoms with E-state index in [0.29, 0.717) is 27.4 Å². The van der Waals surface area contributed by atoms with Gasteiger partial charge in [-0.2, -0.15) is 10.1 Å². The van der Waals surface area contributed by atoms with E-state index in [1.165, 1.54) is 6.21 Å². The van der Waals surface area contributed by atoms with Crippen molar-refractivity contribution in [3.8, 4) is 0 Å². The zero-order valence-electron chi connectivity index (χ0n) is 16.7. The van der Waals surface area contributed by atoms with Crippen molar-refractivity contribution in [2.75, 3.05) is 11.2 Å². The molecule has 0 unspecified atom stereocenters. The Morgan fingerprint density at radius 2 is 2.00 bits per heavy atom. The molecule has 0 radical (unpaired) electrons. The Hall–Kier alpha value is -4.31. The summed E-state index contributed by atoms with van der Waals surface area (Å²) in [4.78, 5) is 30.9. The van der Waals surface area contributed by atoms with Gasteiger partial charge in [-0.1, -0.05) is 17.7 Å². The Kier molecular flexibility index (Phi) is 5.52.